The number of aliphatic hydroxyl groups is 1. The molecule has 0 saturated carbocycles. The van der Waals surface area contributed by atoms with Crippen molar-refractivity contribution in [1.82, 2.24) is 4.90 Å². The van der Waals surface area contributed by atoms with Gasteiger partial charge in [0.25, 0.3) is 5.91 Å². The van der Waals surface area contributed by atoms with Crippen molar-refractivity contribution in [3.8, 4) is 0 Å². The molecule has 1 aliphatic rings. The molecule has 6 heteroatoms. The first-order valence-corrected chi connectivity index (χ1v) is 4.61. The number of benzene rings is 1. The van der Waals surface area contributed by atoms with E-state index in [1.165, 1.54) is 4.90 Å². The highest BCUT2D eigenvalue weighted by molar-refractivity contribution is 5.94. The lowest BCUT2D eigenvalue weighted by Gasteiger charge is -2.35. The van der Waals surface area contributed by atoms with Gasteiger partial charge in [0.1, 0.15) is 0 Å². The molecule has 86 valence electrons. The fourth-order valence-electron chi connectivity index (χ4n) is 1.48. The highest BCUT2D eigenvalue weighted by atomic mass is 19.2. The summed E-state index contributed by atoms with van der Waals surface area (Å²) in [6, 6.07) is 1.29. The minimum absolute atomic E-state index is 0.124. The van der Waals surface area contributed by atoms with Gasteiger partial charge >= 0.3 is 0 Å². The number of halogens is 3. The molecule has 1 amide bonds. The van der Waals surface area contributed by atoms with Crippen molar-refractivity contribution in [1.29, 1.82) is 0 Å². The van der Waals surface area contributed by atoms with E-state index in [2.05, 4.69) is 0 Å². The first-order chi connectivity index (χ1) is 7.49. The van der Waals surface area contributed by atoms with E-state index in [-0.39, 0.29) is 18.7 Å². The number of carbonyl (C=O) groups excluding carboxylic acids is 1. The molecular formula is C10H8F3NO2. The summed E-state index contributed by atoms with van der Waals surface area (Å²) in [5.74, 6) is -5.02. The van der Waals surface area contributed by atoms with Gasteiger partial charge in [-0.05, 0) is 12.1 Å². The van der Waals surface area contributed by atoms with E-state index >= 15 is 0 Å². The first-order valence-electron chi connectivity index (χ1n) is 4.61. The summed E-state index contributed by atoms with van der Waals surface area (Å²) in [7, 11) is 0. The SMILES string of the molecule is O=C(c1cc(F)c(F)c(F)c1)N1CC(O)C1. The Morgan fingerprint density at radius 2 is 1.75 bits per heavy atom. The quantitative estimate of drug-likeness (QED) is 0.730. The number of amides is 1. The number of carbonyl (C=O) groups is 1. The monoisotopic (exact) mass is 231 g/mol. The van der Waals surface area contributed by atoms with Crippen LogP contribution < -0.4 is 0 Å². The molecule has 1 fully saturated rings. The van der Waals surface area contributed by atoms with Crippen LogP contribution >= 0.6 is 0 Å². The summed E-state index contributed by atoms with van der Waals surface area (Å²) < 4.78 is 38.3. The van der Waals surface area contributed by atoms with E-state index in [4.69, 9.17) is 5.11 Å². The lowest BCUT2D eigenvalue weighted by Crippen LogP contribution is -2.53. The molecule has 0 spiro atoms. The zero-order valence-corrected chi connectivity index (χ0v) is 8.08. The van der Waals surface area contributed by atoms with Gasteiger partial charge in [0.05, 0.1) is 6.10 Å². The molecule has 0 bridgehead atoms. The second kappa shape index (κ2) is 3.79. The first kappa shape index (κ1) is 10.9. The van der Waals surface area contributed by atoms with Crippen LogP contribution in [-0.2, 0) is 0 Å². The summed E-state index contributed by atoms with van der Waals surface area (Å²) in [4.78, 5) is 12.8. The van der Waals surface area contributed by atoms with Crippen LogP contribution in [0.3, 0.4) is 0 Å². The molecule has 1 aromatic carbocycles. The van der Waals surface area contributed by atoms with Crippen LogP contribution in [0.2, 0.25) is 0 Å². The number of hydrogen-bond donors (Lipinski definition) is 1. The molecule has 2 rings (SSSR count). The van der Waals surface area contributed by atoms with Crippen LogP contribution in [0.4, 0.5) is 13.2 Å². The number of hydrogen-bond acceptors (Lipinski definition) is 2. The third-order valence-corrected chi connectivity index (χ3v) is 2.38. The Hall–Kier alpha value is -1.56. The van der Waals surface area contributed by atoms with Gasteiger partial charge in [-0.1, -0.05) is 0 Å². The van der Waals surface area contributed by atoms with Gasteiger partial charge in [-0.2, -0.15) is 0 Å². The molecule has 0 aromatic heterocycles. The summed E-state index contributed by atoms with van der Waals surface area (Å²) in [6.45, 7) is 0.249. The van der Waals surface area contributed by atoms with Crippen molar-refractivity contribution in [2.75, 3.05) is 13.1 Å². The molecule has 3 nitrogen and oxygen atoms in total. The third-order valence-electron chi connectivity index (χ3n) is 2.38. The molecule has 1 N–H and O–H groups in total. The Bertz CT molecular complexity index is 421. The smallest absolute Gasteiger partial charge is 0.254 e. The normalized spacial score (nSPS) is 16.1. The second-order valence-electron chi connectivity index (χ2n) is 3.62. The van der Waals surface area contributed by atoms with Crippen LogP contribution in [0.15, 0.2) is 12.1 Å². The van der Waals surface area contributed by atoms with Crippen molar-refractivity contribution in [3.63, 3.8) is 0 Å². The summed E-state index contributed by atoms with van der Waals surface area (Å²) >= 11 is 0. The van der Waals surface area contributed by atoms with Crippen LogP contribution in [0.5, 0.6) is 0 Å². The standard InChI is InChI=1S/C10H8F3NO2/c11-7-1-5(2-8(12)9(7)13)10(16)14-3-6(15)4-14/h1-2,6,15H,3-4H2. The fraction of sp³-hybridized carbons (Fsp3) is 0.300. The van der Waals surface area contributed by atoms with E-state index < -0.39 is 29.5 Å². The number of nitrogens with zero attached hydrogens (tertiary/aromatic N) is 1. The van der Waals surface area contributed by atoms with Gasteiger partial charge in [-0.3, -0.25) is 4.79 Å². The van der Waals surface area contributed by atoms with Gasteiger partial charge in [0.2, 0.25) is 0 Å². The van der Waals surface area contributed by atoms with Crippen LogP contribution in [0.1, 0.15) is 10.4 Å². The number of likely N-dealkylation sites (tertiary alicyclic amines) is 1. The second-order valence-corrected chi connectivity index (χ2v) is 3.62. The average Bonchev–Trinajstić information content (AvgIpc) is 2.19. The molecule has 1 saturated heterocycles. The van der Waals surface area contributed by atoms with Gasteiger partial charge in [-0.15, -0.1) is 0 Å². The van der Waals surface area contributed by atoms with Gasteiger partial charge in [0.15, 0.2) is 17.5 Å². The lowest BCUT2D eigenvalue weighted by molar-refractivity contribution is 0.00583. The van der Waals surface area contributed by atoms with E-state index in [0.29, 0.717) is 12.1 Å². The fourth-order valence-corrected chi connectivity index (χ4v) is 1.48. The summed E-state index contributed by atoms with van der Waals surface area (Å²) in [5.41, 5.74) is -0.261. The Kier molecular flexibility index (Phi) is 2.59. The minimum atomic E-state index is -1.60. The van der Waals surface area contributed by atoms with E-state index in [9.17, 15) is 18.0 Å². The number of rotatable bonds is 1. The molecule has 16 heavy (non-hydrogen) atoms. The van der Waals surface area contributed by atoms with E-state index in [1.54, 1.807) is 0 Å². The van der Waals surface area contributed by atoms with Crippen LogP contribution in [0.25, 0.3) is 0 Å². The lowest BCUT2D eigenvalue weighted by atomic mass is 10.1. The van der Waals surface area contributed by atoms with Crippen LogP contribution in [0, 0.1) is 17.5 Å². The maximum atomic E-state index is 12.8. The van der Waals surface area contributed by atoms with E-state index in [0.717, 1.165) is 0 Å². The zero-order valence-electron chi connectivity index (χ0n) is 8.08. The number of β-amino-alcohol motifs (C(OH)–C–C–N with tert-alkyl or cyclic N) is 1. The summed E-state index contributed by atoms with van der Waals surface area (Å²) in [6.07, 6.45) is -0.598. The molecule has 0 radical (unpaired) electrons. The Morgan fingerprint density at radius 3 is 2.19 bits per heavy atom. The number of aliphatic hydroxyl groups excluding tert-OH is 1. The highest BCUT2D eigenvalue weighted by Crippen LogP contribution is 2.17. The summed E-state index contributed by atoms with van der Waals surface area (Å²) in [5, 5.41) is 8.97. The van der Waals surface area contributed by atoms with Gasteiger partial charge in [0, 0.05) is 18.7 Å². The van der Waals surface area contributed by atoms with Gasteiger partial charge in [-0.25, -0.2) is 13.2 Å². The predicted octanol–water partition coefficient (Wildman–Crippen LogP) is 0.921. The van der Waals surface area contributed by atoms with Crippen molar-refractivity contribution < 1.29 is 23.1 Å². The molecule has 1 aromatic rings. The van der Waals surface area contributed by atoms with Crippen LogP contribution in [-0.4, -0.2) is 35.1 Å². The maximum Gasteiger partial charge on any atom is 0.254 e. The highest BCUT2D eigenvalue weighted by Gasteiger charge is 2.30. The minimum Gasteiger partial charge on any atom is -0.389 e. The largest absolute Gasteiger partial charge is 0.389 e. The molecule has 0 atom stereocenters. The average molecular weight is 231 g/mol. The maximum absolute atomic E-state index is 12.8. The van der Waals surface area contributed by atoms with Crippen molar-refractivity contribution >= 4 is 5.91 Å². The molecule has 0 unspecified atom stereocenters. The Balaban J connectivity index is 2.24. The van der Waals surface area contributed by atoms with Crippen molar-refractivity contribution in [2.24, 2.45) is 0 Å². The Morgan fingerprint density at radius 1 is 1.25 bits per heavy atom. The van der Waals surface area contributed by atoms with E-state index in [1.807, 2.05) is 0 Å². The third kappa shape index (κ3) is 1.76. The molecule has 0 aliphatic carbocycles. The molecule has 1 heterocycles. The zero-order chi connectivity index (χ0) is 11.9. The van der Waals surface area contributed by atoms with Gasteiger partial charge < -0.3 is 10.0 Å². The Labute approximate surface area is 89.1 Å². The van der Waals surface area contributed by atoms with Crippen molar-refractivity contribution in [2.45, 2.75) is 6.10 Å². The van der Waals surface area contributed by atoms with Crippen molar-refractivity contribution in [3.05, 3.63) is 35.1 Å². The molecule has 1 aliphatic heterocycles. The topological polar surface area (TPSA) is 40.5 Å². The predicted molar refractivity (Wildman–Crippen MR) is 48.2 cm³/mol. The molecular weight excluding hydrogens is 223 g/mol.